The molecular formula is C23H27N5O2S. The molecule has 1 aliphatic rings. The van der Waals surface area contributed by atoms with Crippen LogP contribution in [0.15, 0.2) is 42.5 Å². The fraction of sp³-hybridized carbons (Fsp3) is 0.348. The zero-order valence-corrected chi connectivity index (χ0v) is 18.7. The number of para-hydroxylation sites is 1. The number of amides is 3. The molecule has 3 amide bonds. The molecule has 1 saturated heterocycles. The van der Waals surface area contributed by atoms with Crippen LogP contribution >= 0.6 is 11.3 Å². The topological polar surface area (TPSA) is 77.6 Å². The summed E-state index contributed by atoms with van der Waals surface area (Å²) in [6.45, 7) is 8.30. The summed E-state index contributed by atoms with van der Waals surface area (Å²) in [6, 6.07) is 13.5. The second-order valence-corrected chi connectivity index (χ2v) is 9.06. The van der Waals surface area contributed by atoms with E-state index in [-0.39, 0.29) is 12.5 Å². The van der Waals surface area contributed by atoms with Gasteiger partial charge in [-0.15, -0.1) is 11.3 Å². The molecule has 4 rings (SSSR count). The predicted molar refractivity (Wildman–Crippen MR) is 124 cm³/mol. The number of benzene rings is 2. The lowest BCUT2D eigenvalue weighted by Gasteiger charge is -2.33. The average molecular weight is 438 g/mol. The Hall–Kier alpha value is -2.81. The molecule has 2 heterocycles. The first-order valence-corrected chi connectivity index (χ1v) is 11.3. The minimum atomic E-state index is -0.494. The number of imide groups is 1. The van der Waals surface area contributed by atoms with Gasteiger partial charge >= 0.3 is 6.03 Å². The van der Waals surface area contributed by atoms with Crippen LogP contribution in [-0.4, -0.2) is 59.4 Å². The predicted octanol–water partition coefficient (Wildman–Crippen LogP) is 3.38. The molecule has 0 aliphatic carbocycles. The van der Waals surface area contributed by atoms with Crippen molar-refractivity contribution in [1.29, 1.82) is 0 Å². The van der Waals surface area contributed by atoms with Crippen molar-refractivity contribution in [1.82, 2.24) is 20.1 Å². The highest BCUT2D eigenvalue weighted by atomic mass is 32.1. The quantitative estimate of drug-likeness (QED) is 0.640. The van der Waals surface area contributed by atoms with E-state index < -0.39 is 6.03 Å². The van der Waals surface area contributed by atoms with Crippen molar-refractivity contribution in [3.8, 4) is 0 Å². The number of hydrogen-bond donors (Lipinski definition) is 2. The third kappa shape index (κ3) is 5.66. The Kier molecular flexibility index (Phi) is 6.60. The van der Waals surface area contributed by atoms with Gasteiger partial charge in [-0.3, -0.25) is 19.9 Å². The molecule has 2 aromatic carbocycles. The van der Waals surface area contributed by atoms with E-state index in [1.807, 2.05) is 50.2 Å². The van der Waals surface area contributed by atoms with Gasteiger partial charge in [0.05, 0.1) is 23.3 Å². The number of nitrogens with zero attached hydrogens (tertiary/aromatic N) is 3. The molecule has 1 aliphatic heterocycles. The van der Waals surface area contributed by atoms with Gasteiger partial charge in [0.1, 0.15) is 5.01 Å². The summed E-state index contributed by atoms with van der Waals surface area (Å²) in [5.41, 5.74) is 3.85. The summed E-state index contributed by atoms with van der Waals surface area (Å²) in [6.07, 6.45) is 0. The summed E-state index contributed by atoms with van der Waals surface area (Å²) in [5.74, 6) is -0.290. The molecule has 1 fully saturated rings. The van der Waals surface area contributed by atoms with Crippen molar-refractivity contribution in [3.63, 3.8) is 0 Å². The number of nitrogens with one attached hydrogen (secondary N) is 2. The van der Waals surface area contributed by atoms with Crippen LogP contribution in [0.3, 0.4) is 0 Å². The Morgan fingerprint density at radius 3 is 2.52 bits per heavy atom. The van der Waals surface area contributed by atoms with Crippen LogP contribution in [0.2, 0.25) is 0 Å². The molecule has 0 saturated carbocycles. The number of aromatic nitrogens is 1. The molecule has 162 valence electrons. The van der Waals surface area contributed by atoms with Gasteiger partial charge in [-0.05, 0) is 37.6 Å². The summed E-state index contributed by atoms with van der Waals surface area (Å²) in [7, 11) is 0. The maximum absolute atomic E-state index is 12.3. The fourth-order valence-corrected chi connectivity index (χ4v) is 4.77. The maximum Gasteiger partial charge on any atom is 0.325 e. The van der Waals surface area contributed by atoms with Gasteiger partial charge in [0.2, 0.25) is 5.91 Å². The van der Waals surface area contributed by atoms with E-state index in [0.29, 0.717) is 5.69 Å². The van der Waals surface area contributed by atoms with Gasteiger partial charge in [-0.1, -0.05) is 29.8 Å². The van der Waals surface area contributed by atoms with Gasteiger partial charge < -0.3 is 5.32 Å². The summed E-state index contributed by atoms with van der Waals surface area (Å²) in [4.78, 5) is 33.6. The SMILES string of the molecule is Cc1ccc(NC(=O)NC(=O)CN2CCN(Cc3nc4ccccc4s3)CC2)c(C)c1. The van der Waals surface area contributed by atoms with Gasteiger partial charge in [0, 0.05) is 31.9 Å². The minimum Gasteiger partial charge on any atom is -0.307 e. The summed E-state index contributed by atoms with van der Waals surface area (Å²) >= 11 is 1.74. The third-order valence-corrected chi connectivity index (χ3v) is 6.43. The minimum absolute atomic E-state index is 0.218. The number of thiazole rings is 1. The third-order valence-electron chi connectivity index (χ3n) is 5.41. The normalized spacial score (nSPS) is 15.2. The van der Waals surface area contributed by atoms with Gasteiger partial charge in [-0.25, -0.2) is 9.78 Å². The highest BCUT2D eigenvalue weighted by Crippen LogP contribution is 2.23. The number of aryl methyl sites for hydroxylation is 2. The molecule has 0 unspecified atom stereocenters. The fourth-order valence-electron chi connectivity index (χ4n) is 3.76. The highest BCUT2D eigenvalue weighted by Gasteiger charge is 2.21. The molecule has 0 bridgehead atoms. The molecule has 2 N–H and O–H groups in total. The van der Waals surface area contributed by atoms with Crippen LogP contribution in [-0.2, 0) is 11.3 Å². The number of urea groups is 1. The smallest absolute Gasteiger partial charge is 0.307 e. The van der Waals surface area contributed by atoms with Crippen LogP contribution in [0.5, 0.6) is 0 Å². The van der Waals surface area contributed by atoms with E-state index >= 15 is 0 Å². The van der Waals surface area contributed by atoms with Crippen LogP contribution in [0.4, 0.5) is 10.5 Å². The number of fused-ring (bicyclic) bond motifs is 1. The van der Waals surface area contributed by atoms with E-state index in [4.69, 9.17) is 4.98 Å². The Balaban J connectivity index is 1.21. The Morgan fingerprint density at radius 2 is 1.77 bits per heavy atom. The van der Waals surface area contributed by atoms with Gasteiger partial charge in [0.15, 0.2) is 0 Å². The average Bonchev–Trinajstić information content (AvgIpc) is 3.14. The van der Waals surface area contributed by atoms with Gasteiger partial charge in [-0.2, -0.15) is 0 Å². The summed E-state index contributed by atoms with van der Waals surface area (Å²) < 4.78 is 1.21. The number of carbonyl (C=O) groups excluding carboxylic acids is 2. The van der Waals surface area contributed by atoms with Crippen molar-refractivity contribution in [2.24, 2.45) is 0 Å². The first-order valence-electron chi connectivity index (χ1n) is 10.4. The molecule has 3 aromatic rings. The molecule has 0 radical (unpaired) electrons. The molecule has 1 aromatic heterocycles. The number of hydrogen-bond acceptors (Lipinski definition) is 6. The van der Waals surface area contributed by atoms with E-state index in [0.717, 1.165) is 54.4 Å². The molecule has 0 atom stereocenters. The van der Waals surface area contributed by atoms with Crippen molar-refractivity contribution >= 4 is 39.2 Å². The standard InChI is InChI=1S/C23H27N5O2S/c1-16-7-8-18(17(2)13-16)25-23(30)26-21(29)14-27-9-11-28(12-10-27)15-22-24-19-5-3-4-6-20(19)31-22/h3-8,13H,9-12,14-15H2,1-2H3,(H2,25,26,29,30). The van der Waals surface area contributed by atoms with Crippen molar-refractivity contribution in [3.05, 3.63) is 58.6 Å². The number of carbonyl (C=O) groups is 2. The second kappa shape index (κ2) is 9.55. The lowest BCUT2D eigenvalue weighted by Crippen LogP contribution is -2.50. The van der Waals surface area contributed by atoms with Crippen LogP contribution < -0.4 is 10.6 Å². The zero-order chi connectivity index (χ0) is 21.8. The van der Waals surface area contributed by atoms with E-state index in [1.165, 1.54) is 4.70 Å². The number of rotatable bonds is 5. The van der Waals surface area contributed by atoms with E-state index in [1.54, 1.807) is 11.3 Å². The lowest BCUT2D eigenvalue weighted by molar-refractivity contribution is -0.121. The maximum atomic E-state index is 12.3. The van der Waals surface area contributed by atoms with Crippen LogP contribution in [0.1, 0.15) is 16.1 Å². The zero-order valence-electron chi connectivity index (χ0n) is 17.9. The molecule has 0 spiro atoms. The first-order chi connectivity index (χ1) is 15.0. The lowest BCUT2D eigenvalue weighted by atomic mass is 10.1. The highest BCUT2D eigenvalue weighted by molar-refractivity contribution is 7.18. The van der Waals surface area contributed by atoms with Crippen LogP contribution in [0, 0.1) is 13.8 Å². The second-order valence-electron chi connectivity index (χ2n) is 7.95. The largest absolute Gasteiger partial charge is 0.325 e. The molecule has 31 heavy (non-hydrogen) atoms. The number of anilines is 1. The van der Waals surface area contributed by atoms with Crippen LogP contribution in [0.25, 0.3) is 10.2 Å². The van der Waals surface area contributed by atoms with E-state index in [9.17, 15) is 9.59 Å². The Labute approximate surface area is 186 Å². The number of piperazine rings is 1. The Bertz CT molecular complexity index is 1060. The van der Waals surface area contributed by atoms with Crippen molar-refractivity contribution < 1.29 is 9.59 Å². The monoisotopic (exact) mass is 437 g/mol. The molecule has 8 heteroatoms. The first kappa shape index (κ1) is 21.4. The van der Waals surface area contributed by atoms with Crippen molar-refractivity contribution in [2.75, 3.05) is 38.0 Å². The van der Waals surface area contributed by atoms with Gasteiger partial charge in [0.25, 0.3) is 0 Å². The summed E-state index contributed by atoms with van der Waals surface area (Å²) in [5, 5.41) is 6.30. The molecule has 7 nitrogen and oxygen atoms in total. The van der Waals surface area contributed by atoms with Crippen molar-refractivity contribution in [2.45, 2.75) is 20.4 Å². The Morgan fingerprint density at radius 1 is 1.03 bits per heavy atom. The molecular weight excluding hydrogens is 410 g/mol. The van der Waals surface area contributed by atoms with E-state index in [2.05, 4.69) is 26.5 Å².